The molecule has 0 aliphatic carbocycles. The van der Waals surface area contributed by atoms with Crippen molar-refractivity contribution in [2.75, 3.05) is 5.32 Å². The van der Waals surface area contributed by atoms with E-state index in [0.717, 1.165) is 0 Å². The van der Waals surface area contributed by atoms with Gasteiger partial charge in [-0.2, -0.15) is 0 Å². The van der Waals surface area contributed by atoms with Gasteiger partial charge in [-0.3, -0.25) is 4.79 Å². The Hall–Kier alpha value is -1.02. The molecular formula is C14H16Cl3N5OS. The normalized spacial score (nSPS) is 13.0. The fourth-order valence-corrected chi connectivity index (χ4v) is 3.66. The molecule has 0 saturated heterocycles. The minimum atomic E-state index is -0.458. The first-order chi connectivity index (χ1) is 11.1. The topological polar surface area (TPSA) is 72.7 Å². The average molecular weight is 409 g/mol. The zero-order valence-corrected chi connectivity index (χ0v) is 16.6. The summed E-state index contributed by atoms with van der Waals surface area (Å²) >= 11 is 19.3. The van der Waals surface area contributed by atoms with Crippen LogP contribution in [0.5, 0.6) is 0 Å². The van der Waals surface area contributed by atoms with E-state index in [0.29, 0.717) is 15.9 Å². The second kappa shape index (κ2) is 7.47. The van der Waals surface area contributed by atoms with Crippen molar-refractivity contribution in [1.82, 2.24) is 20.2 Å². The number of nitrogens with zero attached hydrogens (tertiary/aromatic N) is 4. The number of halogens is 3. The van der Waals surface area contributed by atoms with E-state index in [1.165, 1.54) is 23.9 Å². The van der Waals surface area contributed by atoms with Crippen LogP contribution in [-0.2, 0) is 10.3 Å². The fourth-order valence-electron chi connectivity index (χ4n) is 1.77. The summed E-state index contributed by atoms with van der Waals surface area (Å²) in [5.41, 5.74) is 0.0424. The van der Waals surface area contributed by atoms with Gasteiger partial charge in [-0.25, -0.2) is 4.68 Å². The molecule has 0 radical (unpaired) electrons. The van der Waals surface area contributed by atoms with Crippen LogP contribution in [0.4, 0.5) is 5.69 Å². The standard InChI is InChI=1S/C14H16Cl3N5OS/c1-7(24-13-19-20-21-22(13)14(2,3)4)12(23)18-11-9(16)5-8(15)6-10(11)17/h5-7H,1-4H3,(H,18,23). The van der Waals surface area contributed by atoms with Crippen molar-refractivity contribution in [1.29, 1.82) is 0 Å². The van der Waals surface area contributed by atoms with Crippen molar-refractivity contribution >= 4 is 58.2 Å². The summed E-state index contributed by atoms with van der Waals surface area (Å²) in [5, 5.41) is 15.4. The fraction of sp³-hybridized carbons (Fsp3) is 0.429. The van der Waals surface area contributed by atoms with Crippen LogP contribution < -0.4 is 5.32 Å². The van der Waals surface area contributed by atoms with Gasteiger partial charge >= 0.3 is 0 Å². The van der Waals surface area contributed by atoms with E-state index in [1.54, 1.807) is 11.6 Å². The van der Waals surface area contributed by atoms with Gasteiger partial charge in [-0.1, -0.05) is 46.6 Å². The molecule has 130 valence electrons. The van der Waals surface area contributed by atoms with Crippen molar-refractivity contribution < 1.29 is 4.79 Å². The number of carbonyl (C=O) groups excluding carboxylic acids is 1. The van der Waals surface area contributed by atoms with E-state index in [4.69, 9.17) is 34.8 Å². The Labute approximate surface area is 159 Å². The van der Waals surface area contributed by atoms with E-state index >= 15 is 0 Å². The van der Waals surface area contributed by atoms with Crippen LogP contribution in [0.15, 0.2) is 17.3 Å². The zero-order valence-electron chi connectivity index (χ0n) is 13.5. The summed E-state index contributed by atoms with van der Waals surface area (Å²) in [6.07, 6.45) is 0. The smallest absolute Gasteiger partial charge is 0.237 e. The molecule has 1 heterocycles. The quantitative estimate of drug-likeness (QED) is 0.754. The Morgan fingerprint density at radius 3 is 2.38 bits per heavy atom. The Morgan fingerprint density at radius 1 is 1.25 bits per heavy atom. The van der Waals surface area contributed by atoms with Gasteiger partial charge in [0.2, 0.25) is 11.1 Å². The summed E-state index contributed by atoms with van der Waals surface area (Å²) < 4.78 is 1.67. The monoisotopic (exact) mass is 407 g/mol. The van der Waals surface area contributed by atoms with E-state index in [-0.39, 0.29) is 21.5 Å². The van der Waals surface area contributed by atoms with Crippen molar-refractivity contribution in [2.24, 2.45) is 0 Å². The number of tetrazole rings is 1. The molecule has 1 amide bonds. The molecule has 1 unspecified atom stereocenters. The second-order valence-corrected chi connectivity index (χ2v) is 8.60. The molecule has 0 bridgehead atoms. The number of rotatable bonds is 4. The molecule has 1 aromatic carbocycles. The predicted molar refractivity (Wildman–Crippen MR) is 98.2 cm³/mol. The molecule has 2 aromatic rings. The number of thioether (sulfide) groups is 1. The van der Waals surface area contributed by atoms with Gasteiger partial charge in [0.1, 0.15) is 0 Å². The summed E-state index contributed by atoms with van der Waals surface area (Å²) in [6.45, 7) is 7.68. The molecule has 0 aliphatic heterocycles. The molecule has 0 aliphatic rings. The van der Waals surface area contributed by atoms with Crippen LogP contribution in [0.1, 0.15) is 27.7 Å². The largest absolute Gasteiger partial charge is 0.323 e. The van der Waals surface area contributed by atoms with Gasteiger partial charge < -0.3 is 5.32 Å². The number of anilines is 1. The van der Waals surface area contributed by atoms with Crippen LogP contribution in [-0.4, -0.2) is 31.4 Å². The maximum atomic E-state index is 12.4. The van der Waals surface area contributed by atoms with Crippen LogP contribution in [0.2, 0.25) is 15.1 Å². The molecule has 0 saturated carbocycles. The number of hydrogen-bond donors (Lipinski definition) is 1. The molecule has 0 fully saturated rings. The minimum Gasteiger partial charge on any atom is -0.323 e. The third-order valence-electron chi connectivity index (χ3n) is 2.98. The van der Waals surface area contributed by atoms with Crippen LogP contribution >= 0.6 is 46.6 Å². The third-order valence-corrected chi connectivity index (χ3v) is 4.83. The average Bonchev–Trinajstić information content (AvgIpc) is 2.90. The van der Waals surface area contributed by atoms with Crippen molar-refractivity contribution in [2.45, 2.75) is 43.6 Å². The van der Waals surface area contributed by atoms with Crippen LogP contribution in [0.3, 0.4) is 0 Å². The second-order valence-electron chi connectivity index (χ2n) is 6.04. The molecule has 1 atom stereocenters. The highest BCUT2D eigenvalue weighted by Gasteiger charge is 2.24. The predicted octanol–water partition coefficient (Wildman–Crippen LogP) is 4.51. The third kappa shape index (κ3) is 4.53. The van der Waals surface area contributed by atoms with Crippen molar-refractivity contribution in [3.8, 4) is 0 Å². The van der Waals surface area contributed by atoms with Gasteiger partial charge in [-0.05, 0) is 50.3 Å². The highest BCUT2D eigenvalue weighted by Crippen LogP contribution is 2.34. The molecule has 2 rings (SSSR count). The Morgan fingerprint density at radius 2 is 1.83 bits per heavy atom. The first-order valence-corrected chi connectivity index (χ1v) is 9.02. The minimum absolute atomic E-state index is 0.269. The molecule has 10 heteroatoms. The number of nitrogens with one attached hydrogen (secondary N) is 1. The summed E-state index contributed by atoms with van der Waals surface area (Å²) in [5.74, 6) is -0.269. The van der Waals surface area contributed by atoms with E-state index in [1.807, 2.05) is 20.8 Å². The van der Waals surface area contributed by atoms with E-state index in [2.05, 4.69) is 20.8 Å². The number of aromatic nitrogens is 4. The van der Waals surface area contributed by atoms with Crippen molar-refractivity contribution in [3.63, 3.8) is 0 Å². The zero-order chi connectivity index (χ0) is 18.1. The maximum Gasteiger partial charge on any atom is 0.237 e. The lowest BCUT2D eigenvalue weighted by Gasteiger charge is -2.20. The number of amides is 1. The number of hydrogen-bond acceptors (Lipinski definition) is 5. The van der Waals surface area contributed by atoms with Crippen LogP contribution in [0.25, 0.3) is 0 Å². The Kier molecular flexibility index (Phi) is 6.01. The lowest BCUT2D eigenvalue weighted by Crippen LogP contribution is -2.27. The van der Waals surface area contributed by atoms with E-state index in [9.17, 15) is 4.79 Å². The van der Waals surface area contributed by atoms with E-state index < -0.39 is 5.25 Å². The SMILES string of the molecule is CC(Sc1nnnn1C(C)(C)C)C(=O)Nc1c(Cl)cc(Cl)cc1Cl. The molecule has 1 aromatic heterocycles. The number of benzene rings is 1. The highest BCUT2D eigenvalue weighted by molar-refractivity contribution is 8.00. The molecule has 1 N–H and O–H groups in total. The highest BCUT2D eigenvalue weighted by atomic mass is 35.5. The molecule has 0 spiro atoms. The van der Waals surface area contributed by atoms with Gasteiger partial charge in [0.15, 0.2) is 0 Å². The summed E-state index contributed by atoms with van der Waals surface area (Å²) in [7, 11) is 0. The van der Waals surface area contributed by atoms with Gasteiger partial charge in [0, 0.05) is 5.02 Å². The maximum absolute atomic E-state index is 12.4. The van der Waals surface area contributed by atoms with Crippen LogP contribution in [0, 0.1) is 0 Å². The molecule has 6 nitrogen and oxygen atoms in total. The summed E-state index contributed by atoms with van der Waals surface area (Å²) in [4.78, 5) is 12.4. The van der Waals surface area contributed by atoms with Crippen molar-refractivity contribution in [3.05, 3.63) is 27.2 Å². The first kappa shape index (κ1) is 19.3. The Balaban J connectivity index is 2.13. The Bertz CT molecular complexity index is 736. The first-order valence-electron chi connectivity index (χ1n) is 7.00. The molecule has 24 heavy (non-hydrogen) atoms. The van der Waals surface area contributed by atoms with Gasteiger partial charge in [0.25, 0.3) is 0 Å². The lowest BCUT2D eigenvalue weighted by molar-refractivity contribution is -0.115. The summed E-state index contributed by atoms with van der Waals surface area (Å²) in [6, 6.07) is 3.03. The number of carbonyl (C=O) groups is 1. The molecular weight excluding hydrogens is 393 g/mol. The van der Waals surface area contributed by atoms with Gasteiger partial charge in [-0.15, -0.1) is 5.10 Å². The lowest BCUT2D eigenvalue weighted by atomic mass is 10.1. The van der Waals surface area contributed by atoms with Gasteiger partial charge in [0.05, 0.1) is 26.5 Å².